The van der Waals surface area contributed by atoms with Gasteiger partial charge in [0.2, 0.25) is 5.91 Å². The van der Waals surface area contributed by atoms with Crippen molar-refractivity contribution in [2.24, 2.45) is 0 Å². The van der Waals surface area contributed by atoms with E-state index in [1.165, 1.54) is 29.2 Å². The Balaban J connectivity index is 1.95. The minimum atomic E-state index is -0.851. The predicted molar refractivity (Wildman–Crippen MR) is 136 cm³/mol. The molecule has 3 aromatic carbocycles. The summed E-state index contributed by atoms with van der Waals surface area (Å²) < 4.78 is 18.8. The number of carbonyl (C=O) groups is 2. The molecule has 35 heavy (non-hydrogen) atoms. The van der Waals surface area contributed by atoms with Gasteiger partial charge < -0.3 is 15.0 Å². The van der Waals surface area contributed by atoms with Gasteiger partial charge in [-0.1, -0.05) is 59.6 Å². The average Bonchev–Trinajstić information content (AvgIpc) is 2.82. The number of rotatable bonds is 10. The summed E-state index contributed by atoms with van der Waals surface area (Å²) in [6.45, 7) is 3.36. The number of amides is 2. The van der Waals surface area contributed by atoms with Crippen LogP contribution < -0.4 is 10.1 Å². The molecule has 0 saturated carbocycles. The summed E-state index contributed by atoms with van der Waals surface area (Å²) in [5.74, 6) is -0.819. The molecule has 0 aliphatic heterocycles. The van der Waals surface area contributed by atoms with Gasteiger partial charge in [0.25, 0.3) is 5.91 Å². The van der Waals surface area contributed by atoms with Gasteiger partial charge >= 0.3 is 0 Å². The Bertz CT molecular complexity index is 1120. The van der Waals surface area contributed by atoms with Crippen molar-refractivity contribution in [2.75, 3.05) is 6.61 Å². The highest BCUT2D eigenvalue weighted by atomic mass is 35.5. The number of carbonyl (C=O) groups excluding carboxylic acids is 2. The third-order valence-corrected chi connectivity index (χ3v) is 5.98. The monoisotopic (exact) mass is 516 g/mol. The Kier molecular flexibility index (Phi) is 9.52. The van der Waals surface area contributed by atoms with E-state index in [2.05, 4.69) is 5.32 Å². The van der Waals surface area contributed by atoms with Crippen LogP contribution in [0.5, 0.6) is 5.75 Å². The van der Waals surface area contributed by atoms with Crippen molar-refractivity contribution in [3.8, 4) is 5.75 Å². The van der Waals surface area contributed by atoms with E-state index in [0.717, 1.165) is 5.56 Å². The molecule has 0 aliphatic carbocycles. The first-order chi connectivity index (χ1) is 16.7. The van der Waals surface area contributed by atoms with Crippen LogP contribution in [0, 0.1) is 5.82 Å². The van der Waals surface area contributed by atoms with Gasteiger partial charge in [-0.3, -0.25) is 9.59 Å². The first-order valence-corrected chi connectivity index (χ1v) is 11.9. The van der Waals surface area contributed by atoms with E-state index < -0.39 is 17.8 Å². The lowest BCUT2D eigenvalue weighted by atomic mass is 10.0. The Labute approximate surface area is 214 Å². The van der Waals surface area contributed by atoms with Gasteiger partial charge in [0, 0.05) is 34.6 Å². The van der Waals surface area contributed by atoms with Crippen molar-refractivity contribution in [1.82, 2.24) is 10.2 Å². The molecule has 0 saturated heterocycles. The van der Waals surface area contributed by atoms with Gasteiger partial charge in [-0.25, -0.2) is 4.39 Å². The van der Waals surface area contributed by atoms with Gasteiger partial charge in [0.15, 0.2) is 6.61 Å². The van der Waals surface area contributed by atoms with Crippen molar-refractivity contribution in [1.29, 1.82) is 0 Å². The molecule has 1 atom stereocenters. The van der Waals surface area contributed by atoms with E-state index in [9.17, 15) is 14.0 Å². The summed E-state index contributed by atoms with van der Waals surface area (Å²) in [6.07, 6.45) is 0.282. The van der Waals surface area contributed by atoms with Gasteiger partial charge in [-0.2, -0.15) is 0 Å². The molecule has 184 valence electrons. The fraction of sp³-hybridized carbons (Fsp3) is 0.259. The molecule has 1 N–H and O–H groups in total. The number of halogens is 3. The summed E-state index contributed by atoms with van der Waals surface area (Å²) in [5, 5.41) is 3.69. The summed E-state index contributed by atoms with van der Waals surface area (Å²) in [5.41, 5.74) is 1.42. The molecule has 0 aliphatic rings. The van der Waals surface area contributed by atoms with E-state index in [-0.39, 0.29) is 31.5 Å². The highest BCUT2D eigenvalue weighted by Gasteiger charge is 2.32. The van der Waals surface area contributed by atoms with Crippen LogP contribution in [0.15, 0.2) is 72.8 Å². The van der Waals surface area contributed by atoms with Crippen molar-refractivity contribution in [3.63, 3.8) is 0 Å². The van der Waals surface area contributed by atoms with Crippen LogP contribution in [0.2, 0.25) is 10.0 Å². The zero-order valence-corrected chi connectivity index (χ0v) is 21.0. The Hall–Kier alpha value is -3.09. The van der Waals surface area contributed by atoms with Crippen LogP contribution >= 0.6 is 23.2 Å². The maximum atomic E-state index is 13.5. The fourth-order valence-electron chi connectivity index (χ4n) is 3.55. The molecule has 5 nitrogen and oxygen atoms in total. The second-order valence-corrected chi connectivity index (χ2v) is 9.15. The minimum Gasteiger partial charge on any atom is -0.484 e. The lowest BCUT2D eigenvalue weighted by Gasteiger charge is -2.32. The average molecular weight is 517 g/mol. The van der Waals surface area contributed by atoms with E-state index in [0.29, 0.717) is 21.4 Å². The number of ether oxygens (including phenoxy) is 1. The normalized spacial score (nSPS) is 11.7. The van der Waals surface area contributed by atoms with E-state index in [4.69, 9.17) is 27.9 Å². The Morgan fingerprint density at radius 3 is 2.17 bits per heavy atom. The highest BCUT2D eigenvalue weighted by Crippen LogP contribution is 2.27. The van der Waals surface area contributed by atoms with E-state index in [1.54, 1.807) is 18.2 Å². The molecule has 0 fully saturated rings. The van der Waals surface area contributed by atoms with Gasteiger partial charge in [0.1, 0.15) is 17.6 Å². The molecule has 0 heterocycles. The van der Waals surface area contributed by atoms with Crippen molar-refractivity contribution < 1.29 is 18.7 Å². The van der Waals surface area contributed by atoms with Crippen LogP contribution in [-0.2, 0) is 22.6 Å². The lowest BCUT2D eigenvalue weighted by molar-refractivity contribution is -0.143. The van der Waals surface area contributed by atoms with Gasteiger partial charge in [-0.15, -0.1) is 0 Å². The summed E-state index contributed by atoms with van der Waals surface area (Å²) >= 11 is 12.8. The Morgan fingerprint density at radius 2 is 1.57 bits per heavy atom. The maximum Gasteiger partial charge on any atom is 0.261 e. The number of hydrogen-bond acceptors (Lipinski definition) is 3. The van der Waals surface area contributed by atoms with Crippen LogP contribution in [0.4, 0.5) is 4.39 Å². The second-order valence-electron chi connectivity index (χ2n) is 8.33. The molecule has 8 heteroatoms. The maximum absolute atomic E-state index is 13.5. The van der Waals surface area contributed by atoms with Gasteiger partial charge in [0.05, 0.1) is 0 Å². The molecule has 3 aromatic rings. The molecule has 0 spiro atoms. The molecule has 0 bridgehead atoms. The summed E-state index contributed by atoms with van der Waals surface area (Å²) in [4.78, 5) is 28.2. The van der Waals surface area contributed by atoms with Crippen molar-refractivity contribution in [2.45, 2.75) is 38.9 Å². The molecule has 0 unspecified atom stereocenters. The third-order valence-electron chi connectivity index (χ3n) is 5.27. The molecule has 3 rings (SSSR count). The van der Waals surface area contributed by atoms with E-state index in [1.807, 2.05) is 44.2 Å². The number of hydrogen-bond donors (Lipinski definition) is 1. The van der Waals surface area contributed by atoms with Crippen LogP contribution in [0.1, 0.15) is 25.0 Å². The third kappa shape index (κ3) is 7.70. The van der Waals surface area contributed by atoms with Gasteiger partial charge in [-0.05, 0) is 55.8 Å². The summed E-state index contributed by atoms with van der Waals surface area (Å²) in [6, 6.07) is 18.9. The molecule has 0 radical (unpaired) electrons. The SMILES string of the molecule is CC(C)NC(=O)[C@H](Cc1ccccc1)N(Cc1c(Cl)cccc1Cl)C(=O)COc1ccc(F)cc1. The van der Waals surface area contributed by atoms with Crippen molar-refractivity contribution in [3.05, 3.63) is 99.8 Å². The zero-order valence-electron chi connectivity index (χ0n) is 19.5. The first kappa shape index (κ1) is 26.5. The zero-order chi connectivity index (χ0) is 25.4. The predicted octanol–water partition coefficient (Wildman–Crippen LogP) is 5.68. The van der Waals surface area contributed by atoms with Crippen LogP contribution in [0.3, 0.4) is 0 Å². The lowest BCUT2D eigenvalue weighted by Crippen LogP contribution is -2.52. The second kappa shape index (κ2) is 12.6. The van der Waals surface area contributed by atoms with Crippen molar-refractivity contribution >= 4 is 35.0 Å². The number of benzene rings is 3. The minimum absolute atomic E-state index is 0.00708. The first-order valence-electron chi connectivity index (χ1n) is 11.2. The van der Waals surface area contributed by atoms with E-state index >= 15 is 0 Å². The topological polar surface area (TPSA) is 58.6 Å². The standard InChI is InChI=1S/C27H27Cl2FN2O3/c1-18(2)31-27(34)25(15-19-7-4-3-5-8-19)32(16-22-23(28)9-6-10-24(22)29)26(33)17-35-21-13-11-20(30)12-14-21/h3-14,18,25H,15-17H2,1-2H3,(H,31,34)/t25-/m0/s1. The summed E-state index contributed by atoms with van der Waals surface area (Å²) in [7, 11) is 0. The quantitative estimate of drug-likeness (QED) is 0.377. The highest BCUT2D eigenvalue weighted by molar-refractivity contribution is 6.36. The number of nitrogens with one attached hydrogen (secondary N) is 1. The van der Waals surface area contributed by atoms with Crippen LogP contribution in [-0.4, -0.2) is 35.4 Å². The number of nitrogens with zero attached hydrogens (tertiary/aromatic N) is 1. The molecule has 0 aromatic heterocycles. The van der Waals surface area contributed by atoms with Crippen LogP contribution in [0.25, 0.3) is 0 Å². The largest absolute Gasteiger partial charge is 0.484 e. The molecular formula is C27H27Cl2FN2O3. The Morgan fingerprint density at radius 1 is 0.943 bits per heavy atom. The fourth-order valence-corrected chi connectivity index (χ4v) is 4.06. The molecular weight excluding hydrogens is 490 g/mol. The molecule has 2 amide bonds. The smallest absolute Gasteiger partial charge is 0.261 e.